The van der Waals surface area contributed by atoms with Gasteiger partial charge in [-0.1, -0.05) is 20.8 Å². The maximum Gasteiger partial charge on any atom is 0.468 e. The van der Waals surface area contributed by atoms with Gasteiger partial charge in [-0.3, -0.25) is 0 Å². The van der Waals surface area contributed by atoms with Crippen molar-refractivity contribution in [3.05, 3.63) is 0 Å². The summed E-state index contributed by atoms with van der Waals surface area (Å²) in [5.41, 5.74) is -0.285. The Balaban J connectivity index is 2.76. The Morgan fingerprint density at radius 3 is 2.08 bits per heavy atom. The van der Waals surface area contributed by atoms with E-state index in [4.69, 9.17) is 0 Å². The molecule has 13 heavy (non-hydrogen) atoms. The topological polar surface area (TPSA) is 21.6 Å². The Morgan fingerprint density at radius 2 is 1.85 bits per heavy atom. The molecule has 0 amide bonds. The van der Waals surface area contributed by atoms with Crippen molar-refractivity contribution in [3.8, 4) is 0 Å². The number of hydrogen-bond donors (Lipinski definition) is 0. The summed E-state index contributed by atoms with van der Waals surface area (Å²) in [6, 6.07) is -0.399. The van der Waals surface area contributed by atoms with Gasteiger partial charge in [0.15, 0.2) is 0 Å². The fraction of sp³-hybridized carbons (Fsp3) is 0.875. The number of rotatable bonds is 0. The summed E-state index contributed by atoms with van der Waals surface area (Å²) in [7, 11) is 0. The van der Waals surface area contributed by atoms with Crippen LogP contribution in [-0.2, 0) is 4.74 Å². The Kier molecular flexibility index (Phi) is 2.30. The number of hydrogen-bond acceptors (Lipinski definition) is 2. The van der Waals surface area contributed by atoms with Crippen molar-refractivity contribution >= 4 is 5.90 Å². The molecule has 1 atom stereocenters. The highest BCUT2D eigenvalue weighted by atomic mass is 19.4. The van der Waals surface area contributed by atoms with Crippen LogP contribution in [0.25, 0.3) is 0 Å². The summed E-state index contributed by atoms with van der Waals surface area (Å²) < 4.78 is 40.7. The highest BCUT2D eigenvalue weighted by Gasteiger charge is 2.44. The quantitative estimate of drug-likeness (QED) is 0.581. The zero-order chi connectivity index (χ0) is 10.3. The second kappa shape index (κ2) is 2.89. The molecule has 0 saturated carbocycles. The van der Waals surface area contributed by atoms with Gasteiger partial charge < -0.3 is 4.74 Å². The largest absolute Gasteiger partial charge is 0.472 e. The van der Waals surface area contributed by atoms with Gasteiger partial charge in [-0.2, -0.15) is 13.2 Å². The molecule has 0 aromatic heterocycles. The standard InChI is InChI=1S/C8H12F3NO/c1-7(2,3)5-4-13-6(12-5)8(9,10)11/h5H,4H2,1-3H3. The van der Waals surface area contributed by atoms with E-state index in [9.17, 15) is 13.2 Å². The Morgan fingerprint density at radius 1 is 1.31 bits per heavy atom. The highest BCUT2D eigenvalue weighted by Crippen LogP contribution is 2.30. The molecule has 0 radical (unpaired) electrons. The van der Waals surface area contributed by atoms with Crippen LogP contribution in [0.5, 0.6) is 0 Å². The minimum atomic E-state index is -4.44. The van der Waals surface area contributed by atoms with E-state index in [0.29, 0.717) is 0 Å². The second-order valence-electron chi connectivity index (χ2n) is 4.12. The SMILES string of the molecule is CC(C)(C)C1COC(C(F)(F)F)=N1. The van der Waals surface area contributed by atoms with E-state index in [1.165, 1.54) is 0 Å². The average molecular weight is 195 g/mol. The molecule has 1 rings (SSSR count). The summed E-state index contributed by atoms with van der Waals surface area (Å²) in [4.78, 5) is 3.50. The lowest BCUT2D eigenvalue weighted by Crippen LogP contribution is -2.25. The van der Waals surface area contributed by atoms with E-state index in [0.717, 1.165) is 0 Å². The molecular formula is C8H12F3NO. The van der Waals surface area contributed by atoms with Crippen LogP contribution in [-0.4, -0.2) is 24.7 Å². The summed E-state index contributed by atoms with van der Waals surface area (Å²) in [5.74, 6) is -1.09. The van der Waals surface area contributed by atoms with Crippen LogP contribution in [0.4, 0.5) is 13.2 Å². The van der Waals surface area contributed by atoms with Gasteiger partial charge in [0.25, 0.3) is 5.90 Å². The Hall–Kier alpha value is -0.740. The maximum absolute atomic E-state index is 12.1. The lowest BCUT2D eigenvalue weighted by atomic mass is 9.88. The van der Waals surface area contributed by atoms with Gasteiger partial charge in [-0.15, -0.1) is 0 Å². The smallest absolute Gasteiger partial charge is 0.468 e. The van der Waals surface area contributed by atoms with E-state index >= 15 is 0 Å². The third-order valence-electron chi connectivity index (χ3n) is 1.89. The minimum Gasteiger partial charge on any atom is -0.472 e. The molecule has 1 unspecified atom stereocenters. The molecule has 0 aromatic rings. The first-order valence-electron chi connectivity index (χ1n) is 3.99. The molecule has 0 fully saturated rings. The fourth-order valence-corrected chi connectivity index (χ4v) is 0.973. The molecule has 76 valence electrons. The van der Waals surface area contributed by atoms with E-state index in [1.54, 1.807) is 0 Å². The normalized spacial score (nSPS) is 24.2. The third kappa shape index (κ3) is 2.35. The summed E-state index contributed by atoms with van der Waals surface area (Å²) in [6.07, 6.45) is -4.44. The van der Waals surface area contributed by atoms with E-state index in [1.807, 2.05) is 20.8 Å². The van der Waals surface area contributed by atoms with Crippen molar-refractivity contribution in [1.82, 2.24) is 0 Å². The van der Waals surface area contributed by atoms with Crippen molar-refractivity contribution in [2.45, 2.75) is 33.0 Å². The monoisotopic (exact) mass is 195 g/mol. The number of aliphatic imine (C=N–C) groups is 1. The zero-order valence-corrected chi connectivity index (χ0v) is 7.77. The van der Waals surface area contributed by atoms with Crippen LogP contribution in [0.2, 0.25) is 0 Å². The number of alkyl halides is 3. The second-order valence-corrected chi connectivity index (χ2v) is 4.12. The lowest BCUT2D eigenvalue weighted by molar-refractivity contribution is -0.0754. The van der Waals surface area contributed by atoms with Gasteiger partial charge in [0, 0.05) is 0 Å². The molecule has 0 spiro atoms. The molecule has 1 aliphatic heterocycles. The lowest BCUT2D eigenvalue weighted by Gasteiger charge is -2.21. The minimum absolute atomic E-state index is 0.0261. The summed E-state index contributed by atoms with van der Waals surface area (Å²) in [6.45, 7) is 5.54. The van der Waals surface area contributed by atoms with Crippen LogP contribution in [0, 0.1) is 5.41 Å². The van der Waals surface area contributed by atoms with Crippen LogP contribution in [0.15, 0.2) is 4.99 Å². The molecule has 0 aliphatic carbocycles. The molecule has 2 nitrogen and oxygen atoms in total. The third-order valence-corrected chi connectivity index (χ3v) is 1.89. The maximum atomic E-state index is 12.1. The van der Waals surface area contributed by atoms with Crippen molar-refractivity contribution in [2.75, 3.05) is 6.61 Å². The molecule has 5 heteroatoms. The molecule has 0 bridgehead atoms. The van der Waals surface area contributed by atoms with Crippen LogP contribution < -0.4 is 0 Å². The molecule has 1 aliphatic rings. The van der Waals surface area contributed by atoms with Crippen molar-refractivity contribution in [3.63, 3.8) is 0 Å². The van der Waals surface area contributed by atoms with Crippen LogP contribution >= 0.6 is 0 Å². The predicted octanol–water partition coefficient (Wildman–Crippen LogP) is 2.39. The van der Waals surface area contributed by atoms with Crippen LogP contribution in [0.3, 0.4) is 0 Å². The fourth-order valence-electron chi connectivity index (χ4n) is 0.973. The van der Waals surface area contributed by atoms with Gasteiger partial charge in [-0.05, 0) is 5.41 Å². The summed E-state index contributed by atoms with van der Waals surface area (Å²) in [5, 5.41) is 0. The summed E-state index contributed by atoms with van der Waals surface area (Å²) >= 11 is 0. The van der Waals surface area contributed by atoms with Crippen molar-refractivity contribution < 1.29 is 17.9 Å². The number of nitrogens with zero attached hydrogens (tertiary/aromatic N) is 1. The first-order chi connectivity index (χ1) is 5.71. The zero-order valence-electron chi connectivity index (χ0n) is 7.77. The van der Waals surface area contributed by atoms with Crippen molar-refractivity contribution in [1.29, 1.82) is 0 Å². The Bertz CT molecular complexity index is 227. The van der Waals surface area contributed by atoms with Crippen molar-refractivity contribution in [2.24, 2.45) is 10.4 Å². The van der Waals surface area contributed by atoms with Gasteiger partial charge in [0.1, 0.15) is 6.61 Å². The molecular weight excluding hydrogens is 183 g/mol. The predicted molar refractivity (Wildman–Crippen MR) is 42.7 cm³/mol. The number of ether oxygens (including phenoxy) is 1. The van der Waals surface area contributed by atoms with Gasteiger partial charge in [0.2, 0.25) is 0 Å². The molecule has 0 N–H and O–H groups in total. The highest BCUT2D eigenvalue weighted by molar-refractivity contribution is 5.83. The molecule has 0 aromatic carbocycles. The van der Waals surface area contributed by atoms with E-state index in [2.05, 4.69) is 9.73 Å². The van der Waals surface area contributed by atoms with Gasteiger partial charge in [0.05, 0.1) is 6.04 Å². The first-order valence-corrected chi connectivity index (χ1v) is 3.99. The van der Waals surface area contributed by atoms with Gasteiger partial charge >= 0.3 is 6.18 Å². The first kappa shape index (κ1) is 10.3. The van der Waals surface area contributed by atoms with Gasteiger partial charge in [-0.25, -0.2) is 4.99 Å². The molecule has 0 saturated heterocycles. The van der Waals surface area contributed by atoms with E-state index < -0.39 is 18.1 Å². The average Bonchev–Trinajstić information content (AvgIpc) is 2.28. The Labute approximate surface area is 74.8 Å². The molecule has 1 heterocycles. The number of halogens is 3. The van der Waals surface area contributed by atoms with Crippen LogP contribution in [0.1, 0.15) is 20.8 Å². The van der Waals surface area contributed by atoms with E-state index in [-0.39, 0.29) is 12.0 Å².